The van der Waals surface area contributed by atoms with E-state index < -0.39 is 0 Å². The highest BCUT2D eigenvalue weighted by atomic mass is 35.5. The Morgan fingerprint density at radius 3 is 2.41 bits per heavy atom. The second-order valence-corrected chi connectivity index (χ2v) is 8.94. The smallest absolute Gasteiger partial charge is 0.191 e. The van der Waals surface area contributed by atoms with Gasteiger partial charge in [0.15, 0.2) is 5.96 Å². The molecule has 0 spiro atoms. The van der Waals surface area contributed by atoms with Gasteiger partial charge in [-0.15, -0.1) is 11.8 Å². The molecule has 1 unspecified atom stereocenters. The van der Waals surface area contributed by atoms with Crippen LogP contribution in [0.2, 0.25) is 5.02 Å². The lowest BCUT2D eigenvalue weighted by Crippen LogP contribution is -2.55. The van der Waals surface area contributed by atoms with E-state index in [-0.39, 0.29) is 0 Å². The summed E-state index contributed by atoms with van der Waals surface area (Å²) in [6, 6.07) is 8.51. The third kappa shape index (κ3) is 7.90. The van der Waals surface area contributed by atoms with Crippen molar-refractivity contribution >= 4 is 29.3 Å². The molecular formula is C20H34ClN5S. The summed E-state index contributed by atoms with van der Waals surface area (Å²) in [5.41, 5.74) is 0. The van der Waals surface area contributed by atoms with Gasteiger partial charge in [0, 0.05) is 68.0 Å². The molecule has 27 heavy (non-hydrogen) atoms. The molecule has 1 atom stereocenters. The van der Waals surface area contributed by atoms with Gasteiger partial charge < -0.3 is 15.5 Å². The molecule has 0 radical (unpaired) electrons. The third-order valence-corrected chi connectivity index (χ3v) is 6.22. The van der Waals surface area contributed by atoms with Crippen molar-refractivity contribution in [2.75, 3.05) is 59.1 Å². The number of benzene rings is 1. The van der Waals surface area contributed by atoms with Crippen molar-refractivity contribution in [1.29, 1.82) is 0 Å². The van der Waals surface area contributed by atoms with Gasteiger partial charge in [-0.1, -0.05) is 25.4 Å². The summed E-state index contributed by atoms with van der Waals surface area (Å²) in [5, 5.41) is 7.72. The Balaban J connectivity index is 1.72. The highest BCUT2D eigenvalue weighted by Gasteiger charge is 2.24. The zero-order chi connectivity index (χ0) is 19.6. The van der Waals surface area contributed by atoms with E-state index in [1.54, 1.807) is 0 Å². The van der Waals surface area contributed by atoms with E-state index >= 15 is 0 Å². The average Bonchev–Trinajstić information content (AvgIpc) is 2.66. The van der Waals surface area contributed by atoms with Crippen molar-refractivity contribution in [2.45, 2.75) is 24.8 Å². The summed E-state index contributed by atoms with van der Waals surface area (Å²) >= 11 is 7.74. The molecule has 1 aliphatic rings. The summed E-state index contributed by atoms with van der Waals surface area (Å²) < 4.78 is 0. The summed E-state index contributed by atoms with van der Waals surface area (Å²) in [5.74, 6) is 2.47. The van der Waals surface area contributed by atoms with Crippen LogP contribution in [0, 0.1) is 5.92 Å². The van der Waals surface area contributed by atoms with Gasteiger partial charge in [0.25, 0.3) is 0 Å². The molecule has 1 aromatic carbocycles. The number of guanidine groups is 1. The Morgan fingerprint density at radius 1 is 1.15 bits per heavy atom. The molecular weight excluding hydrogens is 378 g/mol. The standard InChI is InChI=1S/C20H34ClN5S/c1-16(2)19(26-12-10-25(4)11-13-26)15-24-20(22-3)23-9-14-27-18-7-5-17(21)6-8-18/h5-8,16,19H,9-15H2,1-4H3,(H2,22,23,24). The normalized spacial score (nSPS) is 17.9. The van der Waals surface area contributed by atoms with E-state index in [9.17, 15) is 0 Å². The van der Waals surface area contributed by atoms with Gasteiger partial charge in [0.1, 0.15) is 0 Å². The number of rotatable bonds is 8. The summed E-state index contributed by atoms with van der Waals surface area (Å²) in [6.45, 7) is 11.0. The lowest BCUT2D eigenvalue weighted by Gasteiger charge is -2.40. The van der Waals surface area contributed by atoms with Crippen LogP contribution in [0.1, 0.15) is 13.8 Å². The molecule has 1 aromatic rings. The first-order valence-electron chi connectivity index (χ1n) is 9.75. The summed E-state index contributed by atoms with van der Waals surface area (Å²) in [7, 11) is 4.04. The number of hydrogen-bond donors (Lipinski definition) is 2. The van der Waals surface area contributed by atoms with Crippen LogP contribution < -0.4 is 10.6 Å². The van der Waals surface area contributed by atoms with Crippen LogP contribution in [0.4, 0.5) is 0 Å². The van der Waals surface area contributed by atoms with Crippen LogP contribution in [-0.4, -0.2) is 80.9 Å². The summed E-state index contributed by atoms with van der Waals surface area (Å²) in [4.78, 5) is 10.6. The zero-order valence-electron chi connectivity index (χ0n) is 17.0. The topological polar surface area (TPSA) is 42.9 Å². The van der Waals surface area contributed by atoms with Gasteiger partial charge in [-0.25, -0.2) is 0 Å². The molecule has 5 nitrogen and oxygen atoms in total. The van der Waals surface area contributed by atoms with Gasteiger partial charge >= 0.3 is 0 Å². The largest absolute Gasteiger partial charge is 0.356 e. The fraction of sp³-hybridized carbons (Fsp3) is 0.650. The predicted octanol–water partition coefficient (Wildman–Crippen LogP) is 2.87. The van der Waals surface area contributed by atoms with Crippen LogP contribution in [-0.2, 0) is 0 Å². The number of hydrogen-bond acceptors (Lipinski definition) is 4. The van der Waals surface area contributed by atoms with Crippen molar-refractivity contribution < 1.29 is 0 Å². The Bertz CT molecular complexity index is 570. The SMILES string of the molecule is CN=C(NCCSc1ccc(Cl)cc1)NCC(C(C)C)N1CCN(C)CC1. The van der Waals surface area contributed by atoms with Crippen LogP contribution >= 0.6 is 23.4 Å². The number of likely N-dealkylation sites (N-methyl/N-ethyl adjacent to an activating group) is 1. The molecule has 7 heteroatoms. The van der Waals surface area contributed by atoms with Crippen molar-refractivity contribution in [3.05, 3.63) is 29.3 Å². The van der Waals surface area contributed by atoms with E-state index in [1.165, 1.54) is 4.90 Å². The third-order valence-electron chi connectivity index (χ3n) is 4.96. The Hall–Kier alpha value is -0.950. The molecule has 0 aromatic heterocycles. The average molecular weight is 412 g/mol. The van der Waals surface area contributed by atoms with Gasteiger partial charge in [0.05, 0.1) is 0 Å². The fourth-order valence-electron chi connectivity index (χ4n) is 3.23. The molecule has 0 bridgehead atoms. The fourth-order valence-corrected chi connectivity index (χ4v) is 4.13. The van der Waals surface area contributed by atoms with Crippen LogP contribution in [0.25, 0.3) is 0 Å². The molecule has 1 heterocycles. The van der Waals surface area contributed by atoms with Crippen LogP contribution in [0.5, 0.6) is 0 Å². The Morgan fingerprint density at radius 2 is 1.81 bits per heavy atom. The van der Waals surface area contributed by atoms with Gasteiger partial charge in [-0.05, 0) is 37.2 Å². The maximum atomic E-state index is 5.93. The molecule has 1 saturated heterocycles. The number of thioether (sulfide) groups is 1. The van der Waals surface area contributed by atoms with E-state index in [0.29, 0.717) is 12.0 Å². The zero-order valence-corrected chi connectivity index (χ0v) is 18.6. The van der Waals surface area contributed by atoms with Crippen LogP contribution in [0.15, 0.2) is 34.2 Å². The number of aliphatic imine (C=N–C) groups is 1. The van der Waals surface area contributed by atoms with E-state index in [0.717, 1.165) is 56.0 Å². The molecule has 1 aliphatic heterocycles. The van der Waals surface area contributed by atoms with Gasteiger partial charge in [-0.2, -0.15) is 0 Å². The highest BCUT2D eigenvalue weighted by Crippen LogP contribution is 2.19. The molecule has 2 N–H and O–H groups in total. The highest BCUT2D eigenvalue weighted by molar-refractivity contribution is 7.99. The first-order valence-corrected chi connectivity index (χ1v) is 11.1. The molecule has 1 fully saturated rings. The second-order valence-electron chi connectivity index (χ2n) is 7.33. The molecule has 152 valence electrons. The maximum Gasteiger partial charge on any atom is 0.191 e. The minimum absolute atomic E-state index is 0.528. The number of nitrogens with one attached hydrogen (secondary N) is 2. The van der Waals surface area contributed by atoms with Crippen molar-refractivity contribution in [2.24, 2.45) is 10.9 Å². The minimum atomic E-state index is 0.528. The minimum Gasteiger partial charge on any atom is -0.356 e. The first-order chi connectivity index (χ1) is 13.0. The molecule has 0 amide bonds. The number of halogens is 1. The molecule has 0 aliphatic carbocycles. The first kappa shape index (κ1) is 22.3. The Kier molecular flexibility index (Phi) is 9.76. The number of piperazine rings is 1. The van der Waals surface area contributed by atoms with Crippen molar-refractivity contribution in [1.82, 2.24) is 20.4 Å². The number of nitrogens with zero attached hydrogens (tertiary/aromatic N) is 3. The quantitative estimate of drug-likeness (QED) is 0.298. The van der Waals surface area contributed by atoms with Crippen LogP contribution in [0.3, 0.4) is 0 Å². The maximum absolute atomic E-state index is 5.93. The van der Waals surface area contributed by atoms with E-state index in [1.807, 2.05) is 30.9 Å². The van der Waals surface area contributed by atoms with E-state index in [4.69, 9.17) is 11.6 Å². The predicted molar refractivity (Wildman–Crippen MR) is 119 cm³/mol. The van der Waals surface area contributed by atoms with Crippen molar-refractivity contribution in [3.8, 4) is 0 Å². The lowest BCUT2D eigenvalue weighted by molar-refractivity contribution is 0.0900. The Labute approximate surface area is 173 Å². The molecule has 0 saturated carbocycles. The molecule has 2 rings (SSSR count). The lowest BCUT2D eigenvalue weighted by atomic mass is 10.0. The second kappa shape index (κ2) is 11.8. The van der Waals surface area contributed by atoms with Crippen molar-refractivity contribution in [3.63, 3.8) is 0 Å². The van der Waals surface area contributed by atoms with Gasteiger partial charge in [0.2, 0.25) is 0 Å². The summed E-state index contributed by atoms with van der Waals surface area (Å²) in [6.07, 6.45) is 0. The monoisotopic (exact) mass is 411 g/mol. The van der Waals surface area contributed by atoms with E-state index in [2.05, 4.69) is 58.5 Å². The van der Waals surface area contributed by atoms with Gasteiger partial charge in [-0.3, -0.25) is 9.89 Å².